The summed E-state index contributed by atoms with van der Waals surface area (Å²) in [5.41, 5.74) is 1.21. The highest BCUT2D eigenvalue weighted by Gasteiger charge is 2.38. The minimum absolute atomic E-state index is 0.138. The zero-order valence-electron chi connectivity index (χ0n) is 11.4. The van der Waals surface area contributed by atoms with E-state index < -0.39 is 17.7 Å². The molecule has 0 bridgehead atoms. The summed E-state index contributed by atoms with van der Waals surface area (Å²) < 4.78 is 9.93. The molecule has 1 saturated heterocycles. The van der Waals surface area contributed by atoms with Gasteiger partial charge >= 0.3 is 11.9 Å². The highest BCUT2D eigenvalue weighted by atomic mass is 16.7. The number of aromatic hydroxyl groups is 1. The number of nitrogens with one attached hydrogen (secondary N) is 1. The molecule has 2 N–H and O–H groups in total. The zero-order valence-corrected chi connectivity index (χ0v) is 11.4. The van der Waals surface area contributed by atoms with Crippen molar-refractivity contribution in [2.24, 2.45) is 0 Å². The van der Waals surface area contributed by atoms with Gasteiger partial charge in [0, 0.05) is 25.7 Å². The third-order valence-corrected chi connectivity index (χ3v) is 2.70. The van der Waals surface area contributed by atoms with Crippen molar-refractivity contribution in [2.75, 3.05) is 5.32 Å². The number of phenols is 1. The normalized spacial score (nSPS) is 17.2. The van der Waals surface area contributed by atoms with E-state index >= 15 is 0 Å². The second kappa shape index (κ2) is 4.88. The van der Waals surface area contributed by atoms with Crippen LogP contribution in [-0.2, 0) is 19.1 Å². The molecule has 6 nitrogen and oxygen atoms in total. The van der Waals surface area contributed by atoms with Gasteiger partial charge in [-0.25, -0.2) is 9.59 Å². The molecule has 1 aliphatic heterocycles. The molecular formula is C14H15NO5. The number of esters is 2. The van der Waals surface area contributed by atoms with Gasteiger partial charge in [0.15, 0.2) is 5.57 Å². The number of hydrogen-bond acceptors (Lipinski definition) is 6. The summed E-state index contributed by atoms with van der Waals surface area (Å²) in [5, 5.41) is 12.1. The van der Waals surface area contributed by atoms with Gasteiger partial charge in [0.1, 0.15) is 5.75 Å². The highest BCUT2D eigenvalue weighted by Crippen LogP contribution is 2.24. The SMILES string of the molecule is Cc1cc(O)ccc1NC=C1C(=O)OC(C)(C)OC1=O. The molecule has 1 aromatic rings. The van der Waals surface area contributed by atoms with Crippen molar-refractivity contribution in [3.05, 3.63) is 35.5 Å². The molecule has 0 spiro atoms. The lowest BCUT2D eigenvalue weighted by atomic mass is 10.2. The van der Waals surface area contributed by atoms with E-state index in [2.05, 4.69) is 5.32 Å². The maximum atomic E-state index is 11.7. The number of benzene rings is 1. The first kappa shape index (κ1) is 13.9. The molecule has 0 atom stereocenters. The second-order valence-corrected chi connectivity index (χ2v) is 4.88. The smallest absolute Gasteiger partial charge is 0.350 e. The Bertz CT molecular complexity index is 582. The highest BCUT2D eigenvalue weighted by molar-refractivity contribution is 6.15. The molecule has 1 aromatic carbocycles. The molecule has 0 unspecified atom stereocenters. The van der Waals surface area contributed by atoms with Gasteiger partial charge in [0.05, 0.1) is 0 Å². The molecule has 0 radical (unpaired) electrons. The van der Waals surface area contributed by atoms with Crippen LogP contribution >= 0.6 is 0 Å². The van der Waals surface area contributed by atoms with Crippen molar-refractivity contribution < 1.29 is 24.2 Å². The minimum Gasteiger partial charge on any atom is -0.508 e. The first-order chi connectivity index (χ1) is 9.28. The fourth-order valence-electron chi connectivity index (χ4n) is 1.74. The number of hydrogen-bond donors (Lipinski definition) is 2. The van der Waals surface area contributed by atoms with Crippen LogP contribution in [0.15, 0.2) is 30.0 Å². The summed E-state index contributed by atoms with van der Waals surface area (Å²) >= 11 is 0. The van der Waals surface area contributed by atoms with E-state index in [0.29, 0.717) is 5.69 Å². The summed E-state index contributed by atoms with van der Waals surface area (Å²) in [6, 6.07) is 4.68. The Labute approximate surface area is 116 Å². The van der Waals surface area contributed by atoms with Crippen LogP contribution in [0.25, 0.3) is 0 Å². The molecule has 6 heteroatoms. The van der Waals surface area contributed by atoms with Gasteiger partial charge < -0.3 is 19.9 Å². The molecule has 0 aliphatic carbocycles. The summed E-state index contributed by atoms with van der Waals surface area (Å²) in [5.74, 6) is -2.59. The van der Waals surface area contributed by atoms with Crippen LogP contribution in [0.5, 0.6) is 5.75 Å². The first-order valence-electron chi connectivity index (χ1n) is 6.01. The Morgan fingerprint density at radius 1 is 1.20 bits per heavy atom. The predicted molar refractivity (Wildman–Crippen MR) is 70.8 cm³/mol. The number of carbonyl (C=O) groups excluding carboxylic acids is 2. The van der Waals surface area contributed by atoms with Gasteiger partial charge in [-0.2, -0.15) is 0 Å². The lowest BCUT2D eigenvalue weighted by Crippen LogP contribution is -2.42. The molecule has 1 aliphatic rings. The van der Waals surface area contributed by atoms with Crippen LogP contribution < -0.4 is 5.32 Å². The lowest BCUT2D eigenvalue weighted by molar-refractivity contribution is -0.222. The Morgan fingerprint density at radius 3 is 2.35 bits per heavy atom. The summed E-state index contributed by atoms with van der Waals surface area (Å²) in [6.45, 7) is 4.75. The third kappa shape index (κ3) is 2.90. The number of anilines is 1. The molecule has 1 heterocycles. The Balaban J connectivity index is 2.19. The number of ether oxygens (including phenoxy) is 2. The van der Waals surface area contributed by atoms with E-state index in [4.69, 9.17) is 9.47 Å². The summed E-state index contributed by atoms with van der Waals surface area (Å²) in [7, 11) is 0. The second-order valence-electron chi connectivity index (χ2n) is 4.88. The van der Waals surface area contributed by atoms with Gasteiger partial charge in [-0.1, -0.05) is 0 Å². The molecule has 0 amide bonds. The van der Waals surface area contributed by atoms with Crippen molar-refractivity contribution in [1.82, 2.24) is 0 Å². The predicted octanol–water partition coefficient (Wildman–Crippen LogP) is 1.83. The fourth-order valence-corrected chi connectivity index (χ4v) is 1.74. The van der Waals surface area contributed by atoms with Crippen molar-refractivity contribution in [1.29, 1.82) is 0 Å². The number of rotatable bonds is 2. The topological polar surface area (TPSA) is 84.9 Å². The zero-order chi connectivity index (χ0) is 14.9. The minimum atomic E-state index is -1.25. The number of aryl methyl sites for hydroxylation is 1. The van der Waals surface area contributed by atoms with Crippen molar-refractivity contribution in [2.45, 2.75) is 26.6 Å². The van der Waals surface area contributed by atoms with E-state index in [1.165, 1.54) is 26.1 Å². The lowest BCUT2D eigenvalue weighted by Gasteiger charge is -2.29. The summed E-state index contributed by atoms with van der Waals surface area (Å²) in [6.07, 6.45) is 1.24. The average Bonchev–Trinajstić information content (AvgIpc) is 2.28. The van der Waals surface area contributed by atoms with Gasteiger partial charge in [0.2, 0.25) is 0 Å². The Hall–Kier alpha value is -2.50. The van der Waals surface area contributed by atoms with E-state index in [1.54, 1.807) is 19.1 Å². The van der Waals surface area contributed by atoms with E-state index in [0.717, 1.165) is 5.56 Å². The van der Waals surface area contributed by atoms with Crippen LogP contribution in [0.2, 0.25) is 0 Å². The van der Waals surface area contributed by atoms with E-state index in [1.807, 2.05) is 0 Å². The molecule has 0 saturated carbocycles. The first-order valence-corrected chi connectivity index (χ1v) is 6.01. The maximum Gasteiger partial charge on any atom is 0.350 e. The quantitative estimate of drug-likeness (QED) is 0.371. The van der Waals surface area contributed by atoms with Crippen LogP contribution in [0.4, 0.5) is 5.69 Å². The van der Waals surface area contributed by atoms with Crippen LogP contribution in [0, 0.1) is 6.92 Å². The molecule has 106 valence electrons. The average molecular weight is 277 g/mol. The van der Waals surface area contributed by atoms with Gasteiger partial charge in [-0.3, -0.25) is 0 Å². The molecule has 0 aromatic heterocycles. The van der Waals surface area contributed by atoms with Gasteiger partial charge in [-0.05, 0) is 30.7 Å². The number of phenolic OH excluding ortho intramolecular Hbond substituents is 1. The monoisotopic (exact) mass is 277 g/mol. The molecule has 2 rings (SSSR count). The molecular weight excluding hydrogens is 262 g/mol. The van der Waals surface area contributed by atoms with Gasteiger partial charge in [-0.15, -0.1) is 0 Å². The van der Waals surface area contributed by atoms with Crippen LogP contribution in [0.3, 0.4) is 0 Å². The maximum absolute atomic E-state index is 11.7. The van der Waals surface area contributed by atoms with Crippen molar-refractivity contribution in [3.63, 3.8) is 0 Å². The number of carbonyl (C=O) groups is 2. The van der Waals surface area contributed by atoms with Crippen LogP contribution in [-0.4, -0.2) is 22.8 Å². The van der Waals surface area contributed by atoms with Crippen LogP contribution in [0.1, 0.15) is 19.4 Å². The van der Waals surface area contributed by atoms with E-state index in [-0.39, 0.29) is 11.3 Å². The van der Waals surface area contributed by atoms with Gasteiger partial charge in [0.25, 0.3) is 5.79 Å². The standard InChI is InChI=1S/C14H15NO5/c1-8-6-9(16)4-5-11(8)15-7-10-12(17)19-14(2,3)20-13(10)18/h4-7,15-16H,1-3H3. The summed E-state index contributed by atoms with van der Waals surface area (Å²) in [4.78, 5) is 23.4. The van der Waals surface area contributed by atoms with Crippen molar-refractivity contribution in [3.8, 4) is 5.75 Å². The Morgan fingerprint density at radius 2 is 1.80 bits per heavy atom. The van der Waals surface area contributed by atoms with E-state index in [9.17, 15) is 14.7 Å². The third-order valence-electron chi connectivity index (χ3n) is 2.70. The Kier molecular flexibility index (Phi) is 3.40. The molecule has 1 fully saturated rings. The van der Waals surface area contributed by atoms with Crippen molar-refractivity contribution >= 4 is 17.6 Å². The fraction of sp³-hybridized carbons (Fsp3) is 0.286. The largest absolute Gasteiger partial charge is 0.508 e. The molecule has 20 heavy (non-hydrogen) atoms. The number of cyclic esters (lactones) is 2.